The van der Waals surface area contributed by atoms with Gasteiger partial charge >= 0.3 is 0 Å². The fourth-order valence-corrected chi connectivity index (χ4v) is 10.5. The second-order valence-electron chi connectivity index (χ2n) is 16.1. The van der Waals surface area contributed by atoms with E-state index in [2.05, 4.69) is 241 Å². The molecule has 0 saturated heterocycles. The highest BCUT2D eigenvalue weighted by Gasteiger charge is 2.20. The van der Waals surface area contributed by atoms with Crippen molar-refractivity contribution in [3.05, 3.63) is 237 Å². The van der Waals surface area contributed by atoms with E-state index in [4.69, 9.17) is 0 Å². The van der Waals surface area contributed by atoms with Gasteiger partial charge in [0.25, 0.3) is 0 Å². The maximum Gasteiger partial charge on any atom is 0.0540 e. The van der Waals surface area contributed by atoms with E-state index < -0.39 is 0 Å². The summed E-state index contributed by atoms with van der Waals surface area (Å²) >= 11 is 1.87. The van der Waals surface area contributed by atoms with Gasteiger partial charge in [-0.3, -0.25) is 0 Å². The molecule has 0 N–H and O–H groups in total. The third-order valence-electron chi connectivity index (χ3n) is 12.4. The molecule has 0 bridgehead atoms. The van der Waals surface area contributed by atoms with Crippen molar-refractivity contribution in [3.8, 4) is 44.5 Å². The van der Waals surface area contributed by atoms with Crippen LogP contribution in [0.25, 0.3) is 97.0 Å². The molecule has 0 saturated carbocycles. The van der Waals surface area contributed by atoms with Gasteiger partial charge in [-0.2, -0.15) is 0 Å². The van der Waals surface area contributed by atoms with Crippen LogP contribution in [-0.4, -0.2) is 0 Å². The van der Waals surface area contributed by atoms with E-state index in [0.29, 0.717) is 0 Å². The lowest BCUT2D eigenvalue weighted by atomic mass is 9.92. The van der Waals surface area contributed by atoms with Crippen molar-refractivity contribution in [2.75, 3.05) is 4.90 Å². The molecule has 12 rings (SSSR count). The summed E-state index contributed by atoms with van der Waals surface area (Å²) in [7, 11) is 0. The SMILES string of the molecule is c1ccc(-c2ccc(N(c3ccc(-c4ccc(-c5cc6ccccc6c6ccccc56)cc4)cc3)c3ccc4cc5sc6ccccc6c5cc4c3)c(-c3ccccc3)c2)cc1. The summed E-state index contributed by atoms with van der Waals surface area (Å²) in [6, 6.07) is 86.8. The van der Waals surface area contributed by atoms with Crippen LogP contribution in [0.15, 0.2) is 237 Å². The van der Waals surface area contributed by atoms with Crippen LogP contribution in [0.1, 0.15) is 0 Å². The second-order valence-corrected chi connectivity index (χ2v) is 17.2. The highest BCUT2D eigenvalue weighted by molar-refractivity contribution is 7.25. The number of fused-ring (bicyclic) bond motifs is 7. The number of nitrogens with zero attached hydrogens (tertiary/aromatic N) is 1. The molecule has 290 valence electrons. The molecule has 0 fully saturated rings. The van der Waals surface area contributed by atoms with Gasteiger partial charge in [0.1, 0.15) is 0 Å². The van der Waals surface area contributed by atoms with Crippen molar-refractivity contribution in [1.82, 2.24) is 0 Å². The third kappa shape index (κ3) is 6.32. The van der Waals surface area contributed by atoms with E-state index in [0.717, 1.165) is 17.1 Å². The quantitative estimate of drug-likeness (QED) is 0.145. The molecule has 0 amide bonds. The fourth-order valence-electron chi connectivity index (χ4n) is 9.35. The summed E-state index contributed by atoms with van der Waals surface area (Å²) < 4.78 is 2.64. The van der Waals surface area contributed by atoms with E-state index in [1.54, 1.807) is 0 Å². The minimum atomic E-state index is 1.10. The molecule has 0 unspecified atom stereocenters. The van der Waals surface area contributed by atoms with Crippen molar-refractivity contribution in [2.45, 2.75) is 0 Å². The maximum absolute atomic E-state index is 2.43. The summed E-state index contributed by atoms with van der Waals surface area (Å²) in [6.45, 7) is 0. The van der Waals surface area contributed by atoms with Gasteiger partial charge in [0, 0.05) is 37.1 Å². The molecule has 0 aliphatic heterocycles. The van der Waals surface area contributed by atoms with Crippen LogP contribution in [-0.2, 0) is 0 Å². The Labute approximate surface area is 365 Å². The van der Waals surface area contributed by atoms with Gasteiger partial charge in [0.15, 0.2) is 0 Å². The zero-order valence-electron chi connectivity index (χ0n) is 33.9. The average Bonchev–Trinajstić information content (AvgIpc) is 3.71. The van der Waals surface area contributed by atoms with Crippen molar-refractivity contribution in [3.63, 3.8) is 0 Å². The average molecular weight is 806 g/mol. The van der Waals surface area contributed by atoms with Crippen LogP contribution in [0.5, 0.6) is 0 Å². The lowest BCUT2D eigenvalue weighted by Crippen LogP contribution is -2.11. The van der Waals surface area contributed by atoms with Crippen LogP contribution in [0, 0.1) is 0 Å². The predicted octanol–water partition coefficient (Wildman–Crippen LogP) is 17.7. The third-order valence-corrected chi connectivity index (χ3v) is 13.6. The zero-order chi connectivity index (χ0) is 41.0. The summed E-state index contributed by atoms with van der Waals surface area (Å²) in [5, 5.41) is 10.2. The van der Waals surface area contributed by atoms with Gasteiger partial charge in [0.05, 0.1) is 5.69 Å². The van der Waals surface area contributed by atoms with Gasteiger partial charge in [-0.15, -0.1) is 11.3 Å². The highest BCUT2D eigenvalue weighted by atomic mass is 32.1. The highest BCUT2D eigenvalue weighted by Crippen LogP contribution is 2.45. The molecule has 12 aromatic rings. The maximum atomic E-state index is 2.43. The van der Waals surface area contributed by atoms with Gasteiger partial charge in [0.2, 0.25) is 0 Å². The topological polar surface area (TPSA) is 3.24 Å². The Kier molecular flexibility index (Phi) is 8.76. The largest absolute Gasteiger partial charge is 0.310 e. The molecule has 0 aliphatic carbocycles. The predicted molar refractivity (Wildman–Crippen MR) is 268 cm³/mol. The number of hydrogen-bond donors (Lipinski definition) is 0. The van der Waals surface area contributed by atoms with Crippen LogP contribution in [0.4, 0.5) is 17.1 Å². The minimum absolute atomic E-state index is 1.10. The van der Waals surface area contributed by atoms with Gasteiger partial charge in [-0.1, -0.05) is 176 Å². The molecule has 0 aliphatic rings. The Bertz CT molecular complexity index is 3610. The molecule has 0 spiro atoms. The van der Waals surface area contributed by atoms with E-state index >= 15 is 0 Å². The van der Waals surface area contributed by atoms with E-state index in [-0.39, 0.29) is 0 Å². The minimum Gasteiger partial charge on any atom is -0.310 e. The van der Waals surface area contributed by atoms with Crippen LogP contribution >= 0.6 is 11.3 Å². The van der Waals surface area contributed by atoms with E-state index in [1.165, 1.54) is 97.0 Å². The summed E-state index contributed by atoms with van der Waals surface area (Å²) in [5.74, 6) is 0. The number of benzene rings is 11. The molecule has 2 heteroatoms. The van der Waals surface area contributed by atoms with Gasteiger partial charge in [-0.05, 0) is 132 Å². The first kappa shape index (κ1) is 36.1. The zero-order valence-corrected chi connectivity index (χ0v) is 34.7. The van der Waals surface area contributed by atoms with E-state index in [1.807, 2.05) is 11.3 Å². The Morgan fingerprint density at radius 3 is 1.60 bits per heavy atom. The molecule has 1 aromatic heterocycles. The normalized spacial score (nSPS) is 11.5. The fraction of sp³-hybridized carbons (Fsp3) is 0. The number of thiophene rings is 1. The van der Waals surface area contributed by atoms with Crippen molar-refractivity contribution < 1.29 is 0 Å². The molecular formula is C60H39NS. The first-order valence-corrected chi connectivity index (χ1v) is 22.0. The second kappa shape index (κ2) is 15.0. The lowest BCUT2D eigenvalue weighted by Gasteiger charge is -2.29. The standard InChI is InChI=1S/C60H39NS/c1-3-13-40(14-4-1)45-30-34-58(56(36-45)43-15-5-2-6-16-43)61(50-33-29-46-39-60-57(38-48(46)35-50)54-21-11-12-22-59(54)62-60)49-31-27-42(28-32-49)41-23-25-44(26-24-41)55-37-47-17-7-8-18-51(47)52-19-9-10-20-53(52)55/h1-39H. The summed E-state index contributed by atoms with van der Waals surface area (Å²) in [4.78, 5) is 2.43. The Morgan fingerprint density at radius 1 is 0.258 bits per heavy atom. The van der Waals surface area contributed by atoms with Crippen molar-refractivity contribution in [2.24, 2.45) is 0 Å². The van der Waals surface area contributed by atoms with Crippen LogP contribution < -0.4 is 4.90 Å². The smallest absolute Gasteiger partial charge is 0.0540 e. The molecule has 11 aromatic carbocycles. The summed E-state index contributed by atoms with van der Waals surface area (Å²) in [6.07, 6.45) is 0. The van der Waals surface area contributed by atoms with Gasteiger partial charge in [-0.25, -0.2) is 0 Å². The lowest BCUT2D eigenvalue weighted by molar-refractivity contribution is 1.29. The first-order valence-electron chi connectivity index (χ1n) is 21.2. The summed E-state index contributed by atoms with van der Waals surface area (Å²) in [5.41, 5.74) is 12.9. The van der Waals surface area contributed by atoms with E-state index in [9.17, 15) is 0 Å². The molecular weight excluding hydrogens is 767 g/mol. The molecule has 62 heavy (non-hydrogen) atoms. The molecule has 0 atom stereocenters. The van der Waals surface area contributed by atoms with Crippen LogP contribution in [0.3, 0.4) is 0 Å². The Morgan fingerprint density at radius 2 is 0.823 bits per heavy atom. The first-order chi connectivity index (χ1) is 30.7. The van der Waals surface area contributed by atoms with Crippen LogP contribution in [0.2, 0.25) is 0 Å². The van der Waals surface area contributed by atoms with Crippen molar-refractivity contribution >= 4 is 80.9 Å². The molecule has 0 radical (unpaired) electrons. The molecule has 1 nitrogen and oxygen atoms in total. The monoisotopic (exact) mass is 805 g/mol. The number of rotatable bonds is 7. The number of hydrogen-bond acceptors (Lipinski definition) is 2. The number of anilines is 3. The molecule has 1 heterocycles. The van der Waals surface area contributed by atoms with Crippen molar-refractivity contribution in [1.29, 1.82) is 0 Å². The Balaban J connectivity index is 0.981. The van der Waals surface area contributed by atoms with Gasteiger partial charge < -0.3 is 4.90 Å². The Hall–Kier alpha value is -7.78.